The van der Waals surface area contributed by atoms with Crippen molar-refractivity contribution in [2.45, 2.75) is 13.8 Å². The summed E-state index contributed by atoms with van der Waals surface area (Å²) in [5.41, 5.74) is 0. The molecule has 5 nitrogen and oxygen atoms in total. The van der Waals surface area contributed by atoms with E-state index in [0.29, 0.717) is 6.54 Å². The molecule has 0 atom stereocenters. The molecule has 0 bridgehead atoms. The second-order valence-electron chi connectivity index (χ2n) is 2.97. The topological polar surface area (TPSA) is 64.6 Å². The third-order valence-corrected chi connectivity index (χ3v) is 2.11. The van der Waals surface area contributed by atoms with Gasteiger partial charge in [-0.2, -0.15) is 0 Å². The van der Waals surface area contributed by atoms with Gasteiger partial charge in [0.15, 0.2) is 0 Å². The van der Waals surface area contributed by atoms with E-state index in [4.69, 9.17) is 21.7 Å². The summed E-state index contributed by atoms with van der Waals surface area (Å²) in [6.07, 6.45) is 1.57. The number of thiocarbonyl (C=S) groups is 1. The average Bonchev–Trinajstić information content (AvgIpc) is 2.27. The van der Waals surface area contributed by atoms with Gasteiger partial charge in [0.1, 0.15) is 4.99 Å². The zero-order chi connectivity index (χ0) is 13.3. The van der Waals surface area contributed by atoms with Crippen LogP contribution in [0.1, 0.15) is 13.8 Å². The van der Waals surface area contributed by atoms with Gasteiger partial charge in [-0.15, -0.1) is 6.58 Å². The zero-order valence-corrected chi connectivity index (χ0v) is 10.8. The normalized spacial score (nSPS) is 9.59. The van der Waals surface area contributed by atoms with Gasteiger partial charge in [0, 0.05) is 6.54 Å². The molecule has 0 amide bonds. The zero-order valence-electron chi connectivity index (χ0n) is 10.0. The van der Waals surface area contributed by atoms with Crippen LogP contribution < -0.4 is 5.32 Å². The molecule has 0 aliphatic rings. The molecule has 0 aromatic heterocycles. The SMILES string of the molecule is C=CCNC(=S)C(C(=O)OCC)C(=O)OCC. The lowest BCUT2D eigenvalue weighted by molar-refractivity contribution is -0.157. The highest BCUT2D eigenvalue weighted by Crippen LogP contribution is 2.06. The van der Waals surface area contributed by atoms with E-state index >= 15 is 0 Å². The first-order valence-electron chi connectivity index (χ1n) is 5.30. The average molecular weight is 259 g/mol. The minimum absolute atomic E-state index is 0.0850. The Bertz CT molecular complexity index is 286. The van der Waals surface area contributed by atoms with Gasteiger partial charge in [-0.25, -0.2) is 0 Å². The Morgan fingerprint density at radius 3 is 2.12 bits per heavy atom. The van der Waals surface area contributed by atoms with E-state index in [-0.39, 0.29) is 18.2 Å². The maximum Gasteiger partial charge on any atom is 0.327 e. The molecule has 0 aromatic carbocycles. The Morgan fingerprint density at radius 1 is 1.29 bits per heavy atom. The van der Waals surface area contributed by atoms with Gasteiger partial charge in [0.25, 0.3) is 0 Å². The van der Waals surface area contributed by atoms with Gasteiger partial charge in [0.2, 0.25) is 5.92 Å². The molecule has 0 saturated heterocycles. The van der Waals surface area contributed by atoms with Gasteiger partial charge >= 0.3 is 11.9 Å². The first-order valence-corrected chi connectivity index (χ1v) is 5.71. The van der Waals surface area contributed by atoms with Gasteiger partial charge in [0.05, 0.1) is 13.2 Å². The third kappa shape index (κ3) is 5.44. The van der Waals surface area contributed by atoms with Crippen molar-refractivity contribution in [1.82, 2.24) is 5.32 Å². The quantitative estimate of drug-likeness (QED) is 0.316. The second kappa shape index (κ2) is 8.69. The summed E-state index contributed by atoms with van der Waals surface area (Å²) in [6, 6.07) is 0. The van der Waals surface area contributed by atoms with E-state index in [1.165, 1.54) is 0 Å². The molecule has 96 valence electrons. The Kier molecular flexibility index (Phi) is 7.96. The highest BCUT2D eigenvalue weighted by Gasteiger charge is 2.33. The lowest BCUT2D eigenvalue weighted by Crippen LogP contribution is -2.41. The van der Waals surface area contributed by atoms with Gasteiger partial charge in [-0.05, 0) is 13.8 Å². The van der Waals surface area contributed by atoms with Crippen LogP contribution in [0.15, 0.2) is 12.7 Å². The first-order chi connectivity index (χ1) is 8.08. The first kappa shape index (κ1) is 15.6. The molecule has 0 aliphatic carbocycles. The van der Waals surface area contributed by atoms with Crippen LogP contribution in [0.25, 0.3) is 0 Å². The number of rotatable bonds is 7. The molecule has 0 unspecified atom stereocenters. The predicted molar refractivity (Wildman–Crippen MR) is 67.6 cm³/mol. The number of carbonyl (C=O) groups is 2. The van der Waals surface area contributed by atoms with Crippen molar-refractivity contribution in [2.24, 2.45) is 5.92 Å². The fourth-order valence-electron chi connectivity index (χ4n) is 1.04. The Morgan fingerprint density at radius 2 is 1.76 bits per heavy atom. The second-order valence-corrected chi connectivity index (χ2v) is 3.41. The van der Waals surface area contributed by atoms with Crippen molar-refractivity contribution in [1.29, 1.82) is 0 Å². The smallest absolute Gasteiger partial charge is 0.327 e. The number of nitrogens with one attached hydrogen (secondary N) is 1. The molecule has 0 saturated carbocycles. The standard InChI is InChI=1S/C11H17NO4S/c1-4-7-12-9(17)8(10(13)15-5-2)11(14)16-6-3/h4,8H,1,5-7H2,2-3H3,(H,12,17). The summed E-state index contributed by atoms with van der Waals surface area (Å²) in [5.74, 6) is -2.61. The van der Waals surface area contributed by atoms with E-state index in [1.807, 2.05) is 0 Å². The summed E-state index contributed by atoms with van der Waals surface area (Å²) in [6.45, 7) is 7.53. The monoisotopic (exact) mass is 259 g/mol. The van der Waals surface area contributed by atoms with E-state index in [9.17, 15) is 9.59 Å². The molecular formula is C11H17NO4S. The number of ether oxygens (including phenoxy) is 2. The van der Waals surface area contributed by atoms with Crippen molar-refractivity contribution >= 4 is 29.1 Å². The van der Waals surface area contributed by atoms with Crippen molar-refractivity contribution < 1.29 is 19.1 Å². The summed E-state index contributed by atoms with van der Waals surface area (Å²) in [7, 11) is 0. The third-order valence-electron chi connectivity index (χ3n) is 1.73. The molecule has 17 heavy (non-hydrogen) atoms. The van der Waals surface area contributed by atoms with Crippen molar-refractivity contribution in [3.8, 4) is 0 Å². The molecular weight excluding hydrogens is 242 g/mol. The van der Waals surface area contributed by atoms with Crippen LogP contribution in [-0.4, -0.2) is 36.7 Å². The summed E-state index contributed by atoms with van der Waals surface area (Å²) >= 11 is 4.96. The predicted octanol–water partition coefficient (Wildman–Crippen LogP) is 0.832. The van der Waals surface area contributed by atoms with Crippen LogP contribution in [-0.2, 0) is 19.1 Å². The number of hydrogen-bond acceptors (Lipinski definition) is 5. The van der Waals surface area contributed by atoms with E-state index < -0.39 is 17.9 Å². The molecule has 0 aromatic rings. The summed E-state index contributed by atoms with van der Waals surface area (Å²) in [4.78, 5) is 23.3. The van der Waals surface area contributed by atoms with Crippen molar-refractivity contribution in [3.63, 3.8) is 0 Å². The van der Waals surface area contributed by atoms with E-state index in [1.54, 1.807) is 19.9 Å². The molecule has 6 heteroatoms. The van der Waals surface area contributed by atoms with Crippen LogP contribution in [0.5, 0.6) is 0 Å². The molecule has 0 fully saturated rings. The molecule has 0 aliphatic heterocycles. The highest BCUT2D eigenvalue weighted by atomic mass is 32.1. The lowest BCUT2D eigenvalue weighted by atomic mass is 10.1. The van der Waals surface area contributed by atoms with Crippen LogP contribution in [0.2, 0.25) is 0 Å². The van der Waals surface area contributed by atoms with Crippen LogP contribution >= 0.6 is 12.2 Å². The Labute approximate surface area is 106 Å². The van der Waals surface area contributed by atoms with Gasteiger partial charge in [-0.3, -0.25) is 9.59 Å². The minimum Gasteiger partial charge on any atom is -0.465 e. The van der Waals surface area contributed by atoms with Gasteiger partial charge in [-0.1, -0.05) is 18.3 Å². The van der Waals surface area contributed by atoms with Crippen LogP contribution in [0.4, 0.5) is 0 Å². The largest absolute Gasteiger partial charge is 0.465 e. The lowest BCUT2D eigenvalue weighted by Gasteiger charge is -2.15. The Hall–Kier alpha value is -1.43. The van der Waals surface area contributed by atoms with Crippen LogP contribution in [0, 0.1) is 5.92 Å². The van der Waals surface area contributed by atoms with Crippen molar-refractivity contribution in [3.05, 3.63) is 12.7 Å². The maximum atomic E-state index is 11.6. The van der Waals surface area contributed by atoms with E-state index in [2.05, 4.69) is 11.9 Å². The minimum atomic E-state index is -1.20. The van der Waals surface area contributed by atoms with E-state index in [0.717, 1.165) is 0 Å². The fraction of sp³-hybridized carbons (Fsp3) is 0.545. The van der Waals surface area contributed by atoms with Gasteiger partial charge < -0.3 is 14.8 Å². The maximum absolute atomic E-state index is 11.6. The molecule has 0 rings (SSSR count). The summed E-state index contributed by atoms with van der Waals surface area (Å²) in [5, 5.41) is 2.72. The molecule has 0 radical (unpaired) electrons. The number of carbonyl (C=O) groups excluding carboxylic acids is 2. The number of esters is 2. The molecule has 1 N–H and O–H groups in total. The van der Waals surface area contributed by atoms with Crippen LogP contribution in [0.3, 0.4) is 0 Å². The number of hydrogen-bond donors (Lipinski definition) is 1. The molecule has 0 heterocycles. The Balaban J connectivity index is 4.70. The highest BCUT2D eigenvalue weighted by molar-refractivity contribution is 7.80. The summed E-state index contributed by atoms with van der Waals surface area (Å²) < 4.78 is 9.56. The molecule has 0 spiro atoms. The fourth-order valence-corrected chi connectivity index (χ4v) is 1.31. The van der Waals surface area contributed by atoms with Crippen molar-refractivity contribution in [2.75, 3.05) is 19.8 Å².